The Morgan fingerprint density at radius 1 is 1.62 bits per heavy atom. The molecule has 1 aromatic heterocycles. The van der Waals surface area contributed by atoms with Crippen molar-refractivity contribution in [3.05, 3.63) is 16.1 Å². The Morgan fingerprint density at radius 3 is 3.06 bits per heavy atom. The molecule has 1 N–H and O–H groups in total. The molecular weight excluding hydrogens is 220 g/mol. The molecule has 1 aliphatic carbocycles. The molecule has 2 rings (SSSR count). The van der Waals surface area contributed by atoms with Gasteiger partial charge in [-0.2, -0.15) is 0 Å². The second-order valence-corrected chi connectivity index (χ2v) is 5.74. The maximum Gasteiger partial charge on any atom is 0.0897 e. The number of nitrogens with one attached hydrogen (secondary N) is 1. The van der Waals surface area contributed by atoms with Gasteiger partial charge in [-0.25, -0.2) is 4.98 Å². The number of hydrogen-bond acceptors (Lipinski definition) is 4. The van der Waals surface area contributed by atoms with Crippen molar-refractivity contribution in [3.8, 4) is 0 Å². The van der Waals surface area contributed by atoms with Gasteiger partial charge < -0.3 is 10.1 Å². The predicted octanol–water partition coefficient (Wildman–Crippen LogP) is 2.53. The zero-order valence-corrected chi connectivity index (χ0v) is 10.8. The molecule has 1 aliphatic rings. The van der Waals surface area contributed by atoms with Crippen LogP contribution in [0.5, 0.6) is 0 Å². The Hall–Kier alpha value is -0.450. The summed E-state index contributed by atoms with van der Waals surface area (Å²) in [6, 6.07) is 0.385. The minimum atomic E-state index is 0.385. The van der Waals surface area contributed by atoms with E-state index in [9.17, 15) is 0 Å². The molecule has 4 heteroatoms. The monoisotopic (exact) mass is 240 g/mol. The lowest BCUT2D eigenvalue weighted by molar-refractivity contribution is 0.124. The van der Waals surface area contributed by atoms with Gasteiger partial charge in [0.25, 0.3) is 0 Å². The zero-order valence-electron chi connectivity index (χ0n) is 10.0. The highest BCUT2D eigenvalue weighted by molar-refractivity contribution is 7.11. The van der Waals surface area contributed by atoms with E-state index in [-0.39, 0.29) is 0 Å². The van der Waals surface area contributed by atoms with Crippen LogP contribution in [-0.4, -0.2) is 24.7 Å². The van der Waals surface area contributed by atoms with Crippen molar-refractivity contribution in [2.45, 2.75) is 32.7 Å². The van der Waals surface area contributed by atoms with E-state index < -0.39 is 0 Å². The number of aryl methyl sites for hydroxylation is 1. The van der Waals surface area contributed by atoms with E-state index >= 15 is 0 Å². The second-order valence-electron chi connectivity index (χ2n) is 4.48. The van der Waals surface area contributed by atoms with Crippen LogP contribution in [0.3, 0.4) is 0 Å². The van der Waals surface area contributed by atoms with E-state index in [1.54, 1.807) is 11.3 Å². The molecule has 0 bridgehead atoms. The highest BCUT2D eigenvalue weighted by Gasteiger charge is 2.20. The van der Waals surface area contributed by atoms with Gasteiger partial charge in [-0.1, -0.05) is 0 Å². The van der Waals surface area contributed by atoms with Gasteiger partial charge in [0.15, 0.2) is 0 Å². The predicted molar refractivity (Wildman–Crippen MR) is 66.8 cm³/mol. The maximum absolute atomic E-state index is 5.57. The molecule has 1 aromatic rings. The summed E-state index contributed by atoms with van der Waals surface area (Å²) in [6.07, 6.45) is 4.69. The number of rotatable bonds is 7. The molecule has 16 heavy (non-hydrogen) atoms. The molecule has 1 unspecified atom stereocenters. The van der Waals surface area contributed by atoms with Crippen molar-refractivity contribution < 1.29 is 4.74 Å². The van der Waals surface area contributed by atoms with Crippen LogP contribution in [0.2, 0.25) is 0 Å². The summed E-state index contributed by atoms with van der Waals surface area (Å²) in [5.74, 6) is 0.863. The first-order valence-corrected chi connectivity index (χ1v) is 6.81. The molecular formula is C12H20N2OS. The van der Waals surface area contributed by atoms with Crippen LogP contribution in [-0.2, 0) is 4.74 Å². The molecule has 90 valence electrons. The summed E-state index contributed by atoms with van der Waals surface area (Å²) >= 11 is 1.76. The van der Waals surface area contributed by atoms with E-state index in [0.29, 0.717) is 6.04 Å². The fourth-order valence-corrected chi connectivity index (χ4v) is 2.37. The average Bonchev–Trinajstić information content (AvgIpc) is 2.99. The molecule has 1 atom stereocenters. The third-order valence-electron chi connectivity index (χ3n) is 2.81. The van der Waals surface area contributed by atoms with E-state index in [1.807, 2.05) is 13.1 Å². The molecule has 1 fully saturated rings. The number of nitrogens with zero attached hydrogens (tertiary/aromatic N) is 1. The summed E-state index contributed by atoms with van der Waals surface area (Å²) in [4.78, 5) is 5.57. The first kappa shape index (κ1) is 12.0. The van der Waals surface area contributed by atoms with Gasteiger partial charge in [0.05, 0.1) is 11.6 Å². The van der Waals surface area contributed by atoms with Crippen molar-refractivity contribution in [1.82, 2.24) is 10.3 Å². The van der Waals surface area contributed by atoms with Crippen molar-refractivity contribution >= 4 is 11.3 Å². The summed E-state index contributed by atoms with van der Waals surface area (Å²) in [5, 5.41) is 4.58. The van der Waals surface area contributed by atoms with Crippen molar-refractivity contribution in [2.24, 2.45) is 5.92 Å². The summed E-state index contributed by atoms with van der Waals surface area (Å²) in [7, 11) is 0. The summed E-state index contributed by atoms with van der Waals surface area (Å²) < 4.78 is 5.57. The van der Waals surface area contributed by atoms with Crippen molar-refractivity contribution in [3.63, 3.8) is 0 Å². The standard InChI is InChI=1S/C12H20N2OS/c1-9(12-7-14-10(2)16-12)13-5-6-15-8-11-3-4-11/h7,9,11,13H,3-6,8H2,1-2H3. The van der Waals surface area contributed by atoms with Gasteiger partial charge in [0, 0.05) is 30.3 Å². The quantitative estimate of drug-likeness (QED) is 0.744. The highest BCUT2D eigenvalue weighted by atomic mass is 32.1. The number of thiazole rings is 1. The second kappa shape index (κ2) is 5.75. The molecule has 0 amide bonds. The van der Waals surface area contributed by atoms with E-state index in [0.717, 1.165) is 30.7 Å². The van der Waals surface area contributed by atoms with Crippen LogP contribution in [0.15, 0.2) is 6.20 Å². The van der Waals surface area contributed by atoms with Crippen molar-refractivity contribution in [2.75, 3.05) is 19.8 Å². The van der Waals surface area contributed by atoms with Crippen LogP contribution in [0.4, 0.5) is 0 Å². The lowest BCUT2D eigenvalue weighted by Crippen LogP contribution is -2.23. The zero-order chi connectivity index (χ0) is 11.4. The molecule has 3 nitrogen and oxygen atoms in total. The Kier molecular flexibility index (Phi) is 4.32. The maximum atomic E-state index is 5.57. The van der Waals surface area contributed by atoms with E-state index in [4.69, 9.17) is 4.74 Å². The van der Waals surface area contributed by atoms with Crippen LogP contribution in [0.1, 0.15) is 35.7 Å². The fraction of sp³-hybridized carbons (Fsp3) is 0.750. The summed E-state index contributed by atoms with van der Waals surface area (Å²) in [5.41, 5.74) is 0. The first-order chi connectivity index (χ1) is 7.75. The molecule has 0 aliphatic heterocycles. The first-order valence-electron chi connectivity index (χ1n) is 5.99. The average molecular weight is 240 g/mol. The third-order valence-corrected chi connectivity index (χ3v) is 3.91. The van der Waals surface area contributed by atoms with Gasteiger partial charge in [-0.3, -0.25) is 0 Å². The van der Waals surface area contributed by atoms with Crippen molar-refractivity contribution in [1.29, 1.82) is 0 Å². The molecule has 0 spiro atoms. The topological polar surface area (TPSA) is 34.2 Å². The Bertz CT molecular complexity index is 323. The highest BCUT2D eigenvalue weighted by Crippen LogP contribution is 2.28. The fourth-order valence-electron chi connectivity index (χ4n) is 1.56. The number of hydrogen-bond donors (Lipinski definition) is 1. The number of aromatic nitrogens is 1. The lowest BCUT2D eigenvalue weighted by atomic mass is 10.3. The summed E-state index contributed by atoms with van der Waals surface area (Å²) in [6.45, 7) is 6.91. The molecule has 1 saturated carbocycles. The van der Waals surface area contributed by atoms with E-state index in [1.165, 1.54) is 17.7 Å². The van der Waals surface area contributed by atoms with Gasteiger partial charge in [-0.05, 0) is 32.6 Å². The largest absolute Gasteiger partial charge is 0.380 e. The Balaban J connectivity index is 1.57. The number of ether oxygens (including phenoxy) is 1. The molecule has 0 aromatic carbocycles. The third kappa shape index (κ3) is 3.85. The van der Waals surface area contributed by atoms with E-state index in [2.05, 4.69) is 17.2 Å². The van der Waals surface area contributed by atoms with Gasteiger partial charge in [0.2, 0.25) is 0 Å². The Morgan fingerprint density at radius 2 is 2.44 bits per heavy atom. The smallest absolute Gasteiger partial charge is 0.0897 e. The van der Waals surface area contributed by atoms with Crippen LogP contribution >= 0.6 is 11.3 Å². The van der Waals surface area contributed by atoms with Gasteiger partial charge in [-0.15, -0.1) is 11.3 Å². The minimum Gasteiger partial charge on any atom is -0.380 e. The molecule has 0 radical (unpaired) electrons. The normalized spacial score (nSPS) is 17.6. The molecule has 1 heterocycles. The SMILES string of the molecule is Cc1ncc(C(C)NCCOCC2CC2)s1. The van der Waals surface area contributed by atoms with Crippen LogP contribution in [0.25, 0.3) is 0 Å². The van der Waals surface area contributed by atoms with Gasteiger partial charge in [0.1, 0.15) is 0 Å². The van der Waals surface area contributed by atoms with Crippen LogP contribution < -0.4 is 5.32 Å². The lowest BCUT2D eigenvalue weighted by Gasteiger charge is -2.11. The Labute approximate surface area is 101 Å². The molecule has 0 saturated heterocycles. The minimum absolute atomic E-state index is 0.385. The van der Waals surface area contributed by atoms with Crippen LogP contribution in [0, 0.1) is 12.8 Å². The van der Waals surface area contributed by atoms with Gasteiger partial charge >= 0.3 is 0 Å².